The summed E-state index contributed by atoms with van der Waals surface area (Å²) in [4.78, 5) is 19.0. The fourth-order valence-electron chi connectivity index (χ4n) is 3.21. The van der Waals surface area contributed by atoms with Gasteiger partial charge in [0.2, 0.25) is 0 Å². The van der Waals surface area contributed by atoms with Crippen molar-refractivity contribution >= 4 is 11.7 Å². The first-order valence-electron chi connectivity index (χ1n) is 8.60. The second-order valence-corrected chi connectivity index (χ2v) is 6.84. The predicted molar refractivity (Wildman–Crippen MR) is 92.9 cm³/mol. The van der Waals surface area contributed by atoms with Crippen molar-refractivity contribution in [2.24, 2.45) is 5.92 Å². The number of fused-ring (bicyclic) bond motifs is 1. The lowest BCUT2D eigenvalue weighted by Crippen LogP contribution is -2.52. The number of carbonyl (C=O) groups excluding carboxylic acids is 1. The van der Waals surface area contributed by atoms with Crippen LogP contribution in [-0.2, 0) is 11.3 Å². The van der Waals surface area contributed by atoms with Gasteiger partial charge in [-0.3, -0.25) is 0 Å². The molecule has 1 unspecified atom stereocenters. The second kappa shape index (κ2) is 7.21. The topological polar surface area (TPSA) is 58.9 Å². The molecule has 0 aromatic carbocycles. The number of hydrogen-bond donors (Lipinski definition) is 1. The van der Waals surface area contributed by atoms with Gasteiger partial charge in [-0.1, -0.05) is 19.9 Å². The van der Waals surface area contributed by atoms with Gasteiger partial charge in [-0.15, -0.1) is 0 Å². The smallest absolute Gasteiger partial charge is 0.318 e. The molecule has 0 aliphatic carbocycles. The number of urea groups is 1. The van der Waals surface area contributed by atoms with Gasteiger partial charge in [0.1, 0.15) is 5.65 Å². The summed E-state index contributed by atoms with van der Waals surface area (Å²) in [5, 5.41) is 3.01. The van der Waals surface area contributed by atoms with Gasteiger partial charge in [0.15, 0.2) is 0 Å². The number of aromatic nitrogens is 2. The van der Waals surface area contributed by atoms with Crippen LogP contribution in [-0.4, -0.2) is 46.1 Å². The fraction of sp³-hybridized carbons (Fsp3) is 0.556. The number of pyridine rings is 1. The highest BCUT2D eigenvalue weighted by Crippen LogP contribution is 2.16. The Bertz CT molecular complexity index is 710. The second-order valence-electron chi connectivity index (χ2n) is 6.84. The van der Waals surface area contributed by atoms with Gasteiger partial charge >= 0.3 is 6.03 Å². The number of nitrogens with one attached hydrogen (secondary N) is 1. The first-order chi connectivity index (χ1) is 11.5. The molecule has 1 atom stereocenters. The normalized spacial score (nSPS) is 18.3. The Morgan fingerprint density at radius 1 is 1.46 bits per heavy atom. The molecule has 2 amide bonds. The third kappa shape index (κ3) is 3.70. The average molecular weight is 330 g/mol. The molecule has 24 heavy (non-hydrogen) atoms. The number of imidazole rings is 1. The zero-order valence-corrected chi connectivity index (χ0v) is 14.7. The molecule has 2 aromatic rings. The lowest BCUT2D eigenvalue weighted by atomic mass is 10.0. The minimum absolute atomic E-state index is 0.0299. The first-order valence-corrected chi connectivity index (χ1v) is 8.60. The Hall–Kier alpha value is -2.08. The van der Waals surface area contributed by atoms with Crippen molar-refractivity contribution in [2.45, 2.75) is 39.8 Å². The summed E-state index contributed by atoms with van der Waals surface area (Å²) in [7, 11) is 0. The summed E-state index contributed by atoms with van der Waals surface area (Å²) in [6.07, 6.45) is 2.94. The minimum Gasteiger partial charge on any atom is -0.377 e. The van der Waals surface area contributed by atoms with Crippen molar-refractivity contribution in [2.75, 3.05) is 19.8 Å². The Labute approximate surface area is 142 Å². The number of rotatable bonds is 4. The van der Waals surface area contributed by atoms with Crippen molar-refractivity contribution in [1.82, 2.24) is 19.6 Å². The molecule has 6 heteroatoms. The highest BCUT2D eigenvalue weighted by atomic mass is 16.5. The van der Waals surface area contributed by atoms with Crippen LogP contribution in [0.1, 0.15) is 31.7 Å². The van der Waals surface area contributed by atoms with Crippen molar-refractivity contribution in [3.8, 4) is 0 Å². The van der Waals surface area contributed by atoms with Crippen LogP contribution in [0.2, 0.25) is 0 Å². The van der Waals surface area contributed by atoms with E-state index in [2.05, 4.69) is 24.1 Å². The molecule has 0 bridgehead atoms. The van der Waals surface area contributed by atoms with Crippen LogP contribution in [0, 0.1) is 12.8 Å². The summed E-state index contributed by atoms with van der Waals surface area (Å²) in [6, 6.07) is 6.13. The van der Waals surface area contributed by atoms with E-state index in [4.69, 9.17) is 4.74 Å². The maximum atomic E-state index is 12.6. The van der Waals surface area contributed by atoms with E-state index in [9.17, 15) is 4.79 Å². The molecule has 2 aromatic heterocycles. The summed E-state index contributed by atoms with van der Waals surface area (Å²) < 4.78 is 7.58. The SMILES string of the molecule is Cc1cccc2nc(CNC(=O)N3CCOCC3CC(C)C)cn12. The number of carbonyl (C=O) groups is 1. The van der Waals surface area contributed by atoms with Crippen molar-refractivity contribution in [3.63, 3.8) is 0 Å². The van der Waals surface area contributed by atoms with Crippen molar-refractivity contribution in [3.05, 3.63) is 35.8 Å². The average Bonchev–Trinajstić information content (AvgIpc) is 2.97. The zero-order chi connectivity index (χ0) is 17.1. The molecule has 1 aliphatic rings. The summed E-state index contributed by atoms with van der Waals surface area (Å²) in [5.74, 6) is 0.536. The van der Waals surface area contributed by atoms with Gasteiger partial charge < -0.3 is 19.4 Å². The van der Waals surface area contributed by atoms with E-state index >= 15 is 0 Å². The van der Waals surface area contributed by atoms with Crippen molar-refractivity contribution < 1.29 is 9.53 Å². The molecule has 1 aliphatic heterocycles. The van der Waals surface area contributed by atoms with E-state index in [0.717, 1.165) is 23.5 Å². The van der Waals surface area contributed by atoms with Crippen molar-refractivity contribution in [1.29, 1.82) is 0 Å². The van der Waals surface area contributed by atoms with Crippen LogP contribution in [0.25, 0.3) is 5.65 Å². The van der Waals surface area contributed by atoms with Crippen LogP contribution in [0.3, 0.4) is 0 Å². The molecule has 130 valence electrons. The Kier molecular flexibility index (Phi) is 5.04. The van der Waals surface area contributed by atoms with Crippen LogP contribution in [0.5, 0.6) is 0 Å². The maximum absolute atomic E-state index is 12.6. The number of amides is 2. The zero-order valence-electron chi connectivity index (χ0n) is 14.7. The highest BCUT2D eigenvalue weighted by molar-refractivity contribution is 5.74. The van der Waals surface area contributed by atoms with Crippen LogP contribution < -0.4 is 5.32 Å². The van der Waals surface area contributed by atoms with E-state index in [1.165, 1.54) is 0 Å². The number of morpholine rings is 1. The van der Waals surface area contributed by atoms with E-state index in [-0.39, 0.29) is 12.1 Å². The van der Waals surface area contributed by atoms with Crippen LogP contribution >= 0.6 is 0 Å². The van der Waals surface area contributed by atoms with Crippen LogP contribution in [0.4, 0.5) is 4.79 Å². The molecular formula is C18H26N4O2. The molecule has 3 heterocycles. The van der Waals surface area contributed by atoms with E-state index < -0.39 is 0 Å². The molecule has 1 N–H and O–H groups in total. The standard InChI is InChI=1S/C18H26N4O2/c1-13(2)9-16-12-24-8-7-21(16)18(23)19-10-15-11-22-14(3)5-4-6-17(22)20-15/h4-6,11,13,16H,7-10,12H2,1-3H3,(H,19,23). The Balaban J connectivity index is 1.63. The third-order valence-corrected chi connectivity index (χ3v) is 4.40. The quantitative estimate of drug-likeness (QED) is 0.937. The van der Waals surface area contributed by atoms with Crippen LogP contribution in [0.15, 0.2) is 24.4 Å². The number of nitrogens with zero attached hydrogens (tertiary/aromatic N) is 3. The lowest BCUT2D eigenvalue weighted by Gasteiger charge is -2.36. The number of aryl methyl sites for hydroxylation is 1. The fourth-order valence-corrected chi connectivity index (χ4v) is 3.21. The Morgan fingerprint density at radius 2 is 2.29 bits per heavy atom. The first kappa shape index (κ1) is 16.8. The Morgan fingerprint density at radius 3 is 3.04 bits per heavy atom. The highest BCUT2D eigenvalue weighted by Gasteiger charge is 2.27. The van der Waals surface area contributed by atoms with E-state index in [1.807, 2.05) is 40.6 Å². The largest absolute Gasteiger partial charge is 0.377 e. The predicted octanol–water partition coefficient (Wildman–Crippen LogP) is 2.60. The summed E-state index contributed by atoms with van der Waals surface area (Å²) in [5.41, 5.74) is 2.90. The molecule has 6 nitrogen and oxygen atoms in total. The molecule has 0 saturated carbocycles. The molecule has 3 rings (SSSR count). The molecule has 0 spiro atoms. The van der Waals surface area contributed by atoms with Gasteiger partial charge in [0.25, 0.3) is 0 Å². The van der Waals surface area contributed by atoms with Gasteiger partial charge in [-0.05, 0) is 31.4 Å². The number of ether oxygens (including phenoxy) is 1. The van der Waals surface area contributed by atoms with Gasteiger partial charge in [-0.25, -0.2) is 9.78 Å². The summed E-state index contributed by atoms with van der Waals surface area (Å²) in [6.45, 7) is 8.70. The van der Waals surface area contributed by atoms with Gasteiger partial charge in [0.05, 0.1) is 31.5 Å². The van der Waals surface area contributed by atoms with E-state index in [0.29, 0.717) is 32.2 Å². The molecule has 1 fully saturated rings. The maximum Gasteiger partial charge on any atom is 0.318 e. The third-order valence-electron chi connectivity index (χ3n) is 4.40. The lowest BCUT2D eigenvalue weighted by molar-refractivity contribution is 0.00549. The monoisotopic (exact) mass is 330 g/mol. The molecule has 1 saturated heterocycles. The molecule has 0 radical (unpaired) electrons. The summed E-state index contributed by atoms with van der Waals surface area (Å²) >= 11 is 0. The van der Waals surface area contributed by atoms with E-state index in [1.54, 1.807) is 0 Å². The minimum atomic E-state index is -0.0299. The van der Waals surface area contributed by atoms with Gasteiger partial charge in [0, 0.05) is 18.4 Å². The molecular weight excluding hydrogens is 304 g/mol. The van der Waals surface area contributed by atoms with Gasteiger partial charge in [-0.2, -0.15) is 0 Å². The number of hydrogen-bond acceptors (Lipinski definition) is 3.